The Morgan fingerprint density at radius 2 is 1.35 bits per heavy atom. The van der Waals surface area contributed by atoms with E-state index in [1.54, 1.807) is 0 Å². The van der Waals surface area contributed by atoms with Gasteiger partial charge >= 0.3 is 0 Å². The average Bonchev–Trinajstić information content (AvgIpc) is 2.83. The molecule has 0 aliphatic carbocycles. The summed E-state index contributed by atoms with van der Waals surface area (Å²) >= 11 is 0. The zero-order valence-electron chi connectivity index (χ0n) is 24.0. The fourth-order valence-corrected chi connectivity index (χ4v) is 6.89. The summed E-state index contributed by atoms with van der Waals surface area (Å²) in [6, 6.07) is 0. The predicted octanol–water partition coefficient (Wildman–Crippen LogP) is 7.11. The van der Waals surface area contributed by atoms with Gasteiger partial charge in [-0.25, -0.2) is 0 Å². The Morgan fingerprint density at radius 3 is 1.79 bits per heavy atom. The first-order valence-electron chi connectivity index (χ1n) is 14.8. The molecule has 0 saturated heterocycles. The van der Waals surface area contributed by atoms with Crippen molar-refractivity contribution in [2.75, 3.05) is 13.2 Å². The van der Waals surface area contributed by atoms with Crippen LogP contribution in [0.3, 0.4) is 0 Å². The molecule has 0 heterocycles. The SMILES string of the molecule is CCCCC(CC)CC(O)(CC(CCC)CCO)C(O)C(CC)(CCCC)C(CC)C(C)CO. The first-order valence-corrected chi connectivity index (χ1v) is 14.8. The maximum Gasteiger partial charge on any atom is 0.0916 e. The van der Waals surface area contributed by atoms with E-state index < -0.39 is 17.1 Å². The van der Waals surface area contributed by atoms with Gasteiger partial charge in [0.1, 0.15) is 0 Å². The summed E-state index contributed by atoms with van der Waals surface area (Å²) in [6.07, 6.45) is 11.9. The van der Waals surface area contributed by atoms with Crippen LogP contribution in [0.4, 0.5) is 0 Å². The van der Waals surface area contributed by atoms with Crippen molar-refractivity contribution in [2.45, 2.75) is 150 Å². The molecule has 0 bridgehead atoms. The Bertz CT molecular complexity index is 478. The summed E-state index contributed by atoms with van der Waals surface area (Å²) in [5, 5.41) is 44.6. The zero-order chi connectivity index (χ0) is 26.2. The molecule has 0 saturated carbocycles. The van der Waals surface area contributed by atoms with Crippen molar-refractivity contribution in [2.24, 2.45) is 29.1 Å². The van der Waals surface area contributed by atoms with Gasteiger partial charge in [0.05, 0.1) is 11.7 Å². The molecule has 0 fully saturated rings. The molecule has 0 rings (SSSR count). The highest BCUT2D eigenvalue weighted by Crippen LogP contribution is 2.51. The van der Waals surface area contributed by atoms with Gasteiger partial charge in [0, 0.05) is 18.6 Å². The van der Waals surface area contributed by atoms with E-state index >= 15 is 0 Å². The summed E-state index contributed by atoms with van der Waals surface area (Å²) in [5.41, 5.74) is -1.61. The minimum absolute atomic E-state index is 0.0756. The Morgan fingerprint density at radius 1 is 0.735 bits per heavy atom. The molecule has 0 aromatic carbocycles. The molecule has 7 unspecified atom stereocenters. The van der Waals surface area contributed by atoms with Crippen molar-refractivity contribution in [3.63, 3.8) is 0 Å². The van der Waals surface area contributed by atoms with Crippen LogP contribution in [0, 0.1) is 29.1 Å². The lowest BCUT2D eigenvalue weighted by molar-refractivity contribution is -0.183. The highest BCUT2D eigenvalue weighted by atomic mass is 16.3. The molecular weight excluding hydrogens is 424 g/mol. The number of unbranched alkanes of at least 4 members (excludes halogenated alkanes) is 2. The average molecular weight is 487 g/mol. The fourth-order valence-electron chi connectivity index (χ4n) is 6.89. The monoisotopic (exact) mass is 486 g/mol. The van der Waals surface area contributed by atoms with E-state index in [0.29, 0.717) is 25.2 Å². The molecule has 0 radical (unpaired) electrons. The zero-order valence-corrected chi connectivity index (χ0v) is 24.0. The van der Waals surface area contributed by atoms with Crippen LogP contribution in [0.1, 0.15) is 138 Å². The largest absolute Gasteiger partial charge is 0.396 e. The second kappa shape index (κ2) is 18.1. The van der Waals surface area contributed by atoms with Crippen LogP contribution in [0.2, 0.25) is 0 Å². The molecule has 206 valence electrons. The smallest absolute Gasteiger partial charge is 0.0916 e. The quantitative estimate of drug-likeness (QED) is 0.131. The van der Waals surface area contributed by atoms with E-state index in [1.165, 1.54) is 0 Å². The Hall–Kier alpha value is -0.160. The van der Waals surface area contributed by atoms with Gasteiger partial charge in [0.2, 0.25) is 0 Å². The molecule has 4 N–H and O–H groups in total. The van der Waals surface area contributed by atoms with Crippen LogP contribution in [0.15, 0.2) is 0 Å². The molecule has 0 aromatic rings. The molecular formula is C30H62O4. The summed E-state index contributed by atoms with van der Waals surface area (Å²) in [7, 11) is 0. The lowest BCUT2D eigenvalue weighted by Crippen LogP contribution is -2.58. The number of aliphatic hydroxyl groups excluding tert-OH is 3. The van der Waals surface area contributed by atoms with Crippen LogP contribution in [-0.4, -0.2) is 45.3 Å². The van der Waals surface area contributed by atoms with Gasteiger partial charge in [-0.1, -0.05) is 106 Å². The van der Waals surface area contributed by atoms with Crippen LogP contribution in [-0.2, 0) is 0 Å². The number of aliphatic hydroxyl groups is 4. The summed E-state index contributed by atoms with van der Waals surface area (Å²) in [6.45, 7) is 15.4. The van der Waals surface area contributed by atoms with Gasteiger partial charge in [-0.2, -0.15) is 0 Å². The van der Waals surface area contributed by atoms with Gasteiger partial charge in [-0.05, 0) is 55.8 Å². The Labute approximate surface area is 212 Å². The third kappa shape index (κ3) is 9.71. The van der Waals surface area contributed by atoms with E-state index in [-0.39, 0.29) is 31.0 Å². The third-order valence-corrected chi connectivity index (χ3v) is 8.92. The molecule has 0 spiro atoms. The van der Waals surface area contributed by atoms with Crippen molar-refractivity contribution < 1.29 is 20.4 Å². The topological polar surface area (TPSA) is 80.9 Å². The first kappa shape index (κ1) is 33.8. The van der Waals surface area contributed by atoms with Crippen molar-refractivity contribution in [3.8, 4) is 0 Å². The van der Waals surface area contributed by atoms with Crippen molar-refractivity contribution in [1.82, 2.24) is 0 Å². The summed E-state index contributed by atoms with van der Waals surface area (Å²) in [4.78, 5) is 0. The van der Waals surface area contributed by atoms with Crippen molar-refractivity contribution in [1.29, 1.82) is 0 Å². The number of rotatable bonds is 22. The Balaban J connectivity index is 6.54. The summed E-state index contributed by atoms with van der Waals surface area (Å²) in [5.74, 6) is 0.807. The van der Waals surface area contributed by atoms with Gasteiger partial charge in [0.25, 0.3) is 0 Å². The van der Waals surface area contributed by atoms with Crippen molar-refractivity contribution >= 4 is 0 Å². The lowest BCUT2D eigenvalue weighted by Gasteiger charge is -2.53. The van der Waals surface area contributed by atoms with E-state index in [9.17, 15) is 20.4 Å². The molecule has 4 nitrogen and oxygen atoms in total. The van der Waals surface area contributed by atoms with Gasteiger partial charge < -0.3 is 20.4 Å². The van der Waals surface area contributed by atoms with Crippen LogP contribution >= 0.6 is 0 Å². The van der Waals surface area contributed by atoms with Crippen LogP contribution < -0.4 is 0 Å². The normalized spacial score (nSPS) is 20.2. The van der Waals surface area contributed by atoms with Gasteiger partial charge in [0.15, 0.2) is 0 Å². The molecule has 7 atom stereocenters. The van der Waals surface area contributed by atoms with E-state index in [0.717, 1.165) is 70.6 Å². The minimum atomic E-state index is -1.18. The predicted molar refractivity (Wildman–Crippen MR) is 146 cm³/mol. The molecule has 0 aliphatic heterocycles. The van der Waals surface area contributed by atoms with Crippen LogP contribution in [0.25, 0.3) is 0 Å². The van der Waals surface area contributed by atoms with Crippen LogP contribution in [0.5, 0.6) is 0 Å². The number of hydrogen-bond donors (Lipinski definition) is 4. The fraction of sp³-hybridized carbons (Fsp3) is 1.00. The standard InChI is InChI=1S/C30H62O4/c1-8-14-17-25(11-4)21-30(34,22-26(16-10-3)18-20-31)28(33)29(13-6,19-15-9-2)27(12-5)24(7)23-32/h24-28,31-34H,8-23H2,1-7H3. The minimum Gasteiger partial charge on any atom is -0.396 e. The molecule has 0 amide bonds. The molecule has 34 heavy (non-hydrogen) atoms. The second-order valence-corrected chi connectivity index (χ2v) is 11.4. The lowest BCUT2D eigenvalue weighted by atomic mass is 9.56. The summed E-state index contributed by atoms with van der Waals surface area (Å²) < 4.78 is 0. The maximum absolute atomic E-state index is 12.5. The van der Waals surface area contributed by atoms with E-state index in [2.05, 4.69) is 48.5 Å². The van der Waals surface area contributed by atoms with Gasteiger partial charge in [-0.15, -0.1) is 0 Å². The van der Waals surface area contributed by atoms with E-state index in [1.807, 2.05) is 0 Å². The first-order chi connectivity index (χ1) is 16.2. The third-order valence-electron chi connectivity index (χ3n) is 8.92. The second-order valence-electron chi connectivity index (χ2n) is 11.4. The van der Waals surface area contributed by atoms with E-state index in [4.69, 9.17) is 0 Å². The number of hydrogen-bond acceptors (Lipinski definition) is 4. The molecule has 0 aromatic heterocycles. The highest BCUT2D eigenvalue weighted by molar-refractivity contribution is 5.03. The molecule has 4 heteroatoms. The highest BCUT2D eigenvalue weighted by Gasteiger charge is 2.53. The van der Waals surface area contributed by atoms with Crippen molar-refractivity contribution in [3.05, 3.63) is 0 Å². The molecule has 0 aliphatic rings. The maximum atomic E-state index is 12.5. The Kier molecular flexibility index (Phi) is 18.1. The van der Waals surface area contributed by atoms with Gasteiger partial charge in [-0.3, -0.25) is 0 Å².